The molecule has 5 heteroatoms. The lowest BCUT2D eigenvalue weighted by molar-refractivity contribution is 0.0562. The number of hydrogen-bond donors (Lipinski definition) is 1. The van der Waals surface area contributed by atoms with Crippen LogP contribution in [-0.2, 0) is 0 Å². The summed E-state index contributed by atoms with van der Waals surface area (Å²) in [5, 5.41) is 11.2. The Labute approximate surface area is 136 Å². The van der Waals surface area contributed by atoms with Crippen LogP contribution in [0.15, 0.2) is 18.2 Å². The number of hydrogen-bond acceptors (Lipinski definition) is 3. The highest BCUT2D eigenvalue weighted by atomic mass is 35.5. The zero-order chi connectivity index (χ0) is 15.2. The molecule has 1 saturated carbocycles. The third-order valence-corrected chi connectivity index (χ3v) is 4.55. The van der Waals surface area contributed by atoms with Gasteiger partial charge in [-0.05, 0) is 38.1 Å². The van der Waals surface area contributed by atoms with Crippen molar-refractivity contribution in [2.75, 3.05) is 20.2 Å². The summed E-state index contributed by atoms with van der Waals surface area (Å²) in [5.74, 6) is 0.556. The van der Waals surface area contributed by atoms with Crippen LogP contribution in [0.3, 0.4) is 0 Å². The van der Waals surface area contributed by atoms with E-state index in [1.165, 1.54) is 32.1 Å². The van der Waals surface area contributed by atoms with Crippen molar-refractivity contribution in [1.82, 2.24) is 4.90 Å². The van der Waals surface area contributed by atoms with E-state index in [9.17, 15) is 5.11 Å². The maximum atomic E-state index is 10.1. The molecule has 1 aliphatic carbocycles. The highest BCUT2D eigenvalue weighted by Crippen LogP contribution is 2.27. The molecule has 1 aliphatic rings. The molecule has 118 valence electrons. The van der Waals surface area contributed by atoms with Gasteiger partial charge in [0.05, 0.1) is 5.02 Å². The smallest absolute Gasteiger partial charge is 0.138 e. The molecule has 0 radical (unpaired) electrons. The molecule has 2 rings (SSSR count). The van der Waals surface area contributed by atoms with E-state index < -0.39 is 6.10 Å². The van der Waals surface area contributed by atoms with Crippen LogP contribution in [0.25, 0.3) is 0 Å². The topological polar surface area (TPSA) is 32.7 Å². The second-order valence-corrected chi connectivity index (χ2v) is 6.61. The Morgan fingerprint density at radius 3 is 2.67 bits per heavy atom. The molecule has 0 bridgehead atoms. The van der Waals surface area contributed by atoms with Gasteiger partial charge >= 0.3 is 0 Å². The molecule has 0 spiro atoms. The van der Waals surface area contributed by atoms with Gasteiger partial charge in [-0.1, -0.05) is 42.5 Å². The molecule has 1 aromatic rings. The molecule has 1 aromatic carbocycles. The average Bonchev–Trinajstić information content (AvgIpc) is 2.47. The standard InChI is InChI=1S/C16H23Cl2NO2/c1-19(13-5-3-2-4-6-13)10-14(20)11-21-16-8-7-12(17)9-15(16)18/h7-9,13-14,20H,2-6,10-11H2,1H3/t14-/m1/s1. The highest BCUT2D eigenvalue weighted by Gasteiger charge is 2.20. The van der Waals surface area contributed by atoms with Gasteiger partial charge in [0.15, 0.2) is 0 Å². The van der Waals surface area contributed by atoms with Gasteiger partial charge in [0.1, 0.15) is 18.5 Å². The zero-order valence-corrected chi connectivity index (χ0v) is 13.9. The second-order valence-electron chi connectivity index (χ2n) is 5.77. The van der Waals surface area contributed by atoms with Crippen molar-refractivity contribution in [3.8, 4) is 5.75 Å². The molecule has 0 heterocycles. The molecule has 0 aromatic heterocycles. The minimum Gasteiger partial charge on any atom is -0.489 e. The predicted octanol–water partition coefficient (Wildman–Crippen LogP) is 4.00. The van der Waals surface area contributed by atoms with Gasteiger partial charge in [0.2, 0.25) is 0 Å². The first-order valence-corrected chi connectivity index (χ1v) is 8.28. The Morgan fingerprint density at radius 1 is 1.29 bits per heavy atom. The van der Waals surface area contributed by atoms with E-state index in [-0.39, 0.29) is 6.61 Å². The van der Waals surface area contributed by atoms with Crippen LogP contribution >= 0.6 is 23.2 Å². The molecule has 3 nitrogen and oxygen atoms in total. The van der Waals surface area contributed by atoms with Crippen molar-refractivity contribution in [3.05, 3.63) is 28.2 Å². The minimum absolute atomic E-state index is 0.235. The van der Waals surface area contributed by atoms with Gasteiger partial charge < -0.3 is 14.7 Å². The third kappa shape index (κ3) is 5.33. The van der Waals surface area contributed by atoms with Crippen molar-refractivity contribution < 1.29 is 9.84 Å². The number of likely N-dealkylation sites (N-methyl/N-ethyl adjacent to an activating group) is 1. The van der Waals surface area contributed by atoms with Gasteiger partial charge in [-0.2, -0.15) is 0 Å². The summed E-state index contributed by atoms with van der Waals surface area (Å²) in [6.07, 6.45) is 5.86. The molecule has 0 aliphatic heterocycles. The molecule has 0 saturated heterocycles. The van der Waals surface area contributed by atoms with Crippen LogP contribution in [0.4, 0.5) is 0 Å². The number of aliphatic hydroxyl groups excluding tert-OH is 1. The van der Waals surface area contributed by atoms with Gasteiger partial charge in [-0.15, -0.1) is 0 Å². The molecule has 1 fully saturated rings. The number of benzene rings is 1. The fourth-order valence-corrected chi connectivity index (χ4v) is 3.30. The summed E-state index contributed by atoms with van der Waals surface area (Å²) in [6, 6.07) is 5.68. The van der Waals surface area contributed by atoms with E-state index >= 15 is 0 Å². The second kappa shape index (κ2) is 8.23. The van der Waals surface area contributed by atoms with Crippen molar-refractivity contribution in [3.63, 3.8) is 0 Å². The maximum absolute atomic E-state index is 10.1. The van der Waals surface area contributed by atoms with Crippen molar-refractivity contribution in [2.24, 2.45) is 0 Å². The van der Waals surface area contributed by atoms with Crippen molar-refractivity contribution >= 4 is 23.2 Å². The number of halogens is 2. The molecule has 0 unspecified atom stereocenters. The number of rotatable bonds is 6. The van der Waals surface area contributed by atoms with E-state index in [4.69, 9.17) is 27.9 Å². The summed E-state index contributed by atoms with van der Waals surface area (Å²) < 4.78 is 5.57. The SMILES string of the molecule is CN(C[C@@H](O)COc1ccc(Cl)cc1Cl)C1CCCCC1. The average molecular weight is 332 g/mol. The van der Waals surface area contributed by atoms with Gasteiger partial charge in [-0.3, -0.25) is 0 Å². The largest absolute Gasteiger partial charge is 0.489 e. The molecule has 21 heavy (non-hydrogen) atoms. The molecule has 1 N–H and O–H groups in total. The zero-order valence-electron chi connectivity index (χ0n) is 12.4. The Kier molecular flexibility index (Phi) is 6.62. The monoisotopic (exact) mass is 331 g/mol. The van der Waals surface area contributed by atoms with Crippen LogP contribution in [-0.4, -0.2) is 42.4 Å². The number of aliphatic hydroxyl groups is 1. The van der Waals surface area contributed by atoms with Gasteiger partial charge in [-0.25, -0.2) is 0 Å². The van der Waals surface area contributed by atoms with Crippen molar-refractivity contribution in [1.29, 1.82) is 0 Å². The first-order chi connectivity index (χ1) is 10.1. The molecular formula is C16H23Cl2NO2. The van der Waals surface area contributed by atoms with Crippen LogP contribution in [0.5, 0.6) is 5.75 Å². The Balaban J connectivity index is 1.77. The van der Waals surface area contributed by atoms with Gasteiger partial charge in [0.25, 0.3) is 0 Å². The minimum atomic E-state index is -0.524. The summed E-state index contributed by atoms with van der Waals surface area (Å²) >= 11 is 11.9. The van der Waals surface area contributed by atoms with Crippen LogP contribution in [0, 0.1) is 0 Å². The van der Waals surface area contributed by atoms with Crippen LogP contribution in [0.1, 0.15) is 32.1 Å². The van der Waals surface area contributed by atoms with Crippen LogP contribution < -0.4 is 4.74 Å². The normalized spacial score (nSPS) is 18.0. The fraction of sp³-hybridized carbons (Fsp3) is 0.625. The highest BCUT2D eigenvalue weighted by molar-refractivity contribution is 6.35. The van der Waals surface area contributed by atoms with Gasteiger partial charge in [0, 0.05) is 17.6 Å². The molecule has 0 amide bonds. The van der Waals surface area contributed by atoms with E-state index in [2.05, 4.69) is 11.9 Å². The lowest BCUT2D eigenvalue weighted by Crippen LogP contribution is -2.40. The molecule has 1 atom stereocenters. The Morgan fingerprint density at radius 2 is 2.00 bits per heavy atom. The third-order valence-electron chi connectivity index (χ3n) is 4.02. The molecular weight excluding hydrogens is 309 g/mol. The van der Waals surface area contributed by atoms with Crippen LogP contribution in [0.2, 0.25) is 10.0 Å². The lowest BCUT2D eigenvalue weighted by Gasteiger charge is -2.32. The number of nitrogens with zero attached hydrogens (tertiary/aromatic N) is 1. The summed E-state index contributed by atoms with van der Waals surface area (Å²) in [5.41, 5.74) is 0. The first kappa shape index (κ1) is 16.9. The van der Waals surface area contributed by atoms with E-state index in [0.29, 0.717) is 28.4 Å². The van der Waals surface area contributed by atoms with E-state index in [0.717, 1.165) is 0 Å². The van der Waals surface area contributed by atoms with E-state index in [1.54, 1.807) is 18.2 Å². The Hall–Kier alpha value is -0.480. The summed E-state index contributed by atoms with van der Waals surface area (Å²) in [6.45, 7) is 0.855. The predicted molar refractivity (Wildman–Crippen MR) is 87.5 cm³/mol. The summed E-state index contributed by atoms with van der Waals surface area (Å²) in [4.78, 5) is 2.25. The fourth-order valence-electron chi connectivity index (χ4n) is 2.83. The maximum Gasteiger partial charge on any atom is 0.138 e. The lowest BCUT2D eigenvalue weighted by atomic mass is 9.94. The first-order valence-electron chi connectivity index (χ1n) is 7.52. The quantitative estimate of drug-likeness (QED) is 0.855. The van der Waals surface area contributed by atoms with E-state index in [1.807, 2.05) is 0 Å². The Bertz CT molecular complexity index is 450. The number of ether oxygens (including phenoxy) is 1. The summed E-state index contributed by atoms with van der Waals surface area (Å²) in [7, 11) is 2.08. The van der Waals surface area contributed by atoms with Crippen molar-refractivity contribution in [2.45, 2.75) is 44.2 Å².